The topological polar surface area (TPSA) is 55.1 Å². The number of fused-ring (bicyclic) bond motifs is 1. The highest BCUT2D eigenvalue weighted by atomic mass is 15.3. The minimum atomic E-state index is 0.125. The minimum Gasteiger partial charge on any atom is -0.361 e. The van der Waals surface area contributed by atoms with Crippen molar-refractivity contribution >= 4 is 11.5 Å². The molecule has 3 rings (SSSR count). The van der Waals surface area contributed by atoms with Crippen LogP contribution >= 0.6 is 0 Å². The van der Waals surface area contributed by atoms with Gasteiger partial charge in [0.05, 0.1) is 17.9 Å². The predicted molar refractivity (Wildman–Crippen MR) is 92.4 cm³/mol. The van der Waals surface area contributed by atoms with Crippen LogP contribution in [0.25, 0.3) is 5.65 Å². The Morgan fingerprint density at radius 1 is 1.17 bits per heavy atom. The molecule has 1 atom stereocenters. The molecule has 120 valence electrons. The van der Waals surface area contributed by atoms with E-state index in [0.29, 0.717) is 5.92 Å². The van der Waals surface area contributed by atoms with E-state index in [0.717, 1.165) is 35.7 Å². The Morgan fingerprint density at radius 2 is 2.04 bits per heavy atom. The summed E-state index contributed by atoms with van der Waals surface area (Å²) in [5, 5.41) is 8.02. The molecule has 5 nitrogen and oxygen atoms in total. The summed E-state index contributed by atoms with van der Waals surface area (Å²) in [6, 6.07) is 10.2. The van der Waals surface area contributed by atoms with Crippen molar-refractivity contribution in [2.75, 3.05) is 5.32 Å². The molecule has 0 fully saturated rings. The molecule has 1 N–H and O–H groups in total. The maximum atomic E-state index is 4.66. The number of aryl methyl sites for hydroxylation is 1. The van der Waals surface area contributed by atoms with E-state index in [9.17, 15) is 0 Å². The third-order valence-electron chi connectivity index (χ3n) is 3.90. The summed E-state index contributed by atoms with van der Waals surface area (Å²) in [4.78, 5) is 9.17. The molecule has 3 aromatic rings. The molecule has 0 aromatic carbocycles. The van der Waals surface area contributed by atoms with E-state index in [1.54, 1.807) is 6.20 Å². The first-order valence-corrected chi connectivity index (χ1v) is 8.20. The molecular formula is C18H23N5. The number of hydrogen-bond acceptors (Lipinski definition) is 4. The van der Waals surface area contributed by atoms with Crippen molar-refractivity contribution in [3.8, 4) is 0 Å². The summed E-state index contributed by atoms with van der Waals surface area (Å²) < 4.78 is 1.86. The molecule has 0 aliphatic heterocycles. The lowest BCUT2D eigenvalue weighted by molar-refractivity contribution is 0.531. The first kappa shape index (κ1) is 15.5. The van der Waals surface area contributed by atoms with E-state index < -0.39 is 0 Å². The monoisotopic (exact) mass is 309 g/mol. The molecule has 3 heterocycles. The van der Waals surface area contributed by atoms with Crippen LogP contribution in [0, 0.1) is 5.92 Å². The lowest BCUT2D eigenvalue weighted by Gasteiger charge is -2.23. The Balaban J connectivity index is 1.99. The van der Waals surface area contributed by atoms with Crippen molar-refractivity contribution in [1.29, 1.82) is 0 Å². The van der Waals surface area contributed by atoms with Crippen LogP contribution in [0.1, 0.15) is 44.6 Å². The average molecular weight is 309 g/mol. The zero-order valence-electron chi connectivity index (χ0n) is 13.9. The summed E-state index contributed by atoms with van der Waals surface area (Å²) >= 11 is 0. The van der Waals surface area contributed by atoms with Gasteiger partial charge >= 0.3 is 0 Å². The van der Waals surface area contributed by atoms with E-state index in [1.165, 1.54) is 0 Å². The molecule has 5 heteroatoms. The number of nitrogens with one attached hydrogen (secondary N) is 1. The van der Waals surface area contributed by atoms with Gasteiger partial charge in [0.15, 0.2) is 5.65 Å². The molecule has 0 amide bonds. The summed E-state index contributed by atoms with van der Waals surface area (Å²) in [6.07, 6.45) is 5.66. The highest BCUT2D eigenvalue weighted by Gasteiger charge is 2.18. The van der Waals surface area contributed by atoms with Gasteiger partial charge in [0.1, 0.15) is 5.82 Å². The molecule has 23 heavy (non-hydrogen) atoms. The van der Waals surface area contributed by atoms with Gasteiger partial charge in [-0.05, 0) is 24.5 Å². The van der Waals surface area contributed by atoms with Crippen molar-refractivity contribution < 1.29 is 0 Å². The van der Waals surface area contributed by atoms with Crippen LogP contribution < -0.4 is 5.32 Å². The first-order chi connectivity index (χ1) is 11.2. The molecule has 0 spiro atoms. The van der Waals surface area contributed by atoms with Crippen LogP contribution in [0.15, 0.2) is 42.7 Å². The van der Waals surface area contributed by atoms with Crippen LogP contribution in [0.2, 0.25) is 0 Å². The zero-order valence-corrected chi connectivity index (χ0v) is 13.9. The molecule has 0 saturated carbocycles. The van der Waals surface area contributed by atoms with Crippen molar-refractivity contribution in [3.05, 3.63) is 54.1 Å². The Kier molecular flexibility index (Phi) is 4.55. The Labute approximate surface area is 136 Å². The average Bonchev–Trinajstić information content (AvgIpc) is 3.02. The Morgan fingerprint density at radius 3 is 2.74 bits per heavy atom. The summed E-state index contributed by atoms with van der Waals surface area (Å²) in [5.74, 6) is 1.37. The number of nitrogens with zero attached hydrogens (tertiary/aromatic N) is 4. The Bertz CT molecular complexity index is 763. The van der Waals surface area contributed by atoms with E-state index >= 15 is 0 Å². The molecule has 0 saturated heterocycles. The van der Waals surface area contributed by atoms with E-state index in [2.05, 4.69) is 53.3 Å². The molecule has 0 bridgehead atoms. The lowest BCUT2D eigenvalue weighted by Crippen LogP contribution is -2.20. The molecule has 0 aliphatic carbocycles. The Hall–Kier alpha value is -2.43. The second kappa shape index (κ2) is 6.77. The third-order valence-corrected chi connectivity index (χ3v) is 3.90. The van der Waals surface area contributed by atoms with Gasteiger partial charge in [0.25, 0.3) is 0 Å². The first-order valence-electron chi connectivity index (χ1n) is 8.20. The maximum absolute atomic E-state index is 4.66. The van der Waals surface area contributed by atoms with Crippen molar-refractivity contribution in [2.45, 2.75) is 39.7 Å². The smallest absolute Gasteiger partial charge is 0.157 e. The van der Waals surface area contributed by atoms with Gasteiger partial charge in [-0.1, -0.05) is 33.3 Å². The van der Waals surface area contributed by atoms with Gasteiger partial charge in [-0.15, -0.1) is 0 Å². The van der Waals surface area contributed by atoms with Crippen molar-refractivity contribution in [2.24, 2.45) is 5.92 Å². The fourth-order valence-electron chi connectivity index (χ4n) is 2.75. The van der Waals surface area contributed by atoms with Crippen LogP contribution in [-0.4, -0.2) is 19.6 Å². The summed E-state index contributed by atoms with van der Waals surface area (Å²) in [6.45, 7) is 6.56. The van der Waals surface area contributed by atoms with Crippen LogP contribution in [-0.2, 0) is 6.42 Å². The molecular weight excluding hydrogens is 286 g/mol. The van der Waals surface area contributed by atoms with Crippen LogP contribution in [0.5, 0.6) is 0 Å². The quantitative estimate of drug-likeness (QED) is 0.750. The number of anilines is 1. The van der Waals surface area contributed by atoms with Crippen molar-refractivity contribution in [1.82, 2.24) is 19.6 Å². The normalized spacial score (nSPS) is 12.7. The molecule has 0 unspecified atom stereocenters. The second-order valence-electron chi connectivity index (χ2n) is 6.10. The van der Waals surface area contributed by atoms with Gasteiger partial charge in [-0.3, -0.25) is 4.98 Å². The largest absolute Gasteiger partial charge is 0.361 e. The SMILES string of the molecule is CCCc1cc(N[C@@H](c2ccccn2)C(C)C)n2nccc2n1. The maximum Gasteiger partial charge on any atom is 0.157 e. The molecule has 3 aromatic heterocycles. The number of rotatable bonds is 6. The van der Waals surface area contributed by atoms with Gasteiger partial charge in [0.2, 0.25) is 0 Å². The summed E-state index contributed by atoms with van der Waals surface area (Å²) in [7, 11) is 0. The fourth-order valence-corrected chi connectivity index (χ4v) is 2.75. The van der Waals surface area contributed by atoms with E-state index in [-0.39, 0.29) is 6.04 Å². The van der Waals surface area contributed by atoms with Gasteiger partial charge in [-0.2, -0.15) is 9.61 Å². The van der Waals surface area contributed by atoms with Gasteiger partial charge < -0.3 is 5.32 Å². The minimum absolute atomic E-state index is 0.125. The second-order valence-corrected chi connectivity index (χ2v) is 6.10. The number of hydrogen-bond donors (Lipinski definition) is 1. The molecule has 0 aliphatic rings. The van der Waals surface area contributed by atoms with Gasteiger partial charge in [-0.25, -0.2) is 4.98 Å². The van der Waals surface area contributed by atoms with Crippen molar-refractivity contribution in [3.63, 3.8) is 0 Å². The number of pyridine rings is 1. The highest BCUT2D eigenvalue weighted by molar-refractivity contribution is 5.50. The molecule has 0 radical (unpaired) electrons. The standard InChI is InChI=1S/C18H23N5/c1-4-7-14-12-17(23-16(21-14)9-11-20-23)22-18(13(2)3)15-8-5-6-10-19-15/h5-6,8-13,18,22H,4,7H2,1-3H3/t18-/m1/s1. The third kappa shape index (κ3) is 3.33. The lowest BCUT2D eigenvalue weighted by atomic mass is 10.0. The number of aromatic nitrogens is 4. The van der Waals surface area contributed by atoms with E-state index in [1.807, 2.05) is 28.9 Å². The predicted octanol–water partition coefficient (Wildman–Crippen LogP) is 3.89. The summed E-state index contributed by atoms with van der Waals surface area (Å²) in [5.41, 5.74) is 3.00. The van der Waals surface area contributed by atoms with Crippen LogP contribution in [0.4, 0.5) is 5.82 Å². The van der Waals surface area contributed by atoms with E-state index in [4.69, 9.17) is 0 Å². The van der Waals surface area contributed by atoms with Gasteiger partial charge in [0, 0.05) is 24.0 Å². The van der Waals surface area contributed by atoms with Crippen LogP contribution in [0.3, 0.4) is 0 Å². The zero-order chi connectivity index (χ0) is 16.2. The highest BCUT2D eigenvalue weighted by Crippen LogP contribution is 2.25. The fraction of sp³-hybridized carbons (Fsp3) is 0.389.